The number of alkyl halides is 3. The van der Waals surface area contributed by atoms with Gasteiger partial charge in [0.1, 0.15) is 5.75 Å². The SMILES string of the molecule is CC1=NN(c2cccc(C(F)(F)F)c2)C(=O)/C1=C(/C)NNC(=O)c1ccccc1O. The molecule has 30 heavy (non-hydrogen) atoms. The van der Waals surface area contributed by atoms with Gasteiger partial charge in [-0.3, -0.25) is 15.0 Å². The van der Waals surface area contributed by atoms with Crippen molar-refractivity contribution in [2.24, 2.45) is 5.10 Å². The third kappa shape index (κ3) is 4.12. The highest BCUT2D eigenvalue weighted by molar-refractivity contribution is 6.30. The van der Waals surface area contributed by atoms with Crippen LogP contribution in [0.15, 0.2) is 64.9 Å². The second-order valence-electron chi connectivity index (χ2n) is 6.45. The van der Waals surface area contributed by atoms with Crippen molar-refractivity contribution in [1.29, 1.82) is 0 Å². The van der Waals surface area contributed by atoms with E-state index in [2.05, 4.69) is 16.0 Å². The number of phenolic OH excluding ortho intramolecular Hbond substituents is 1. The van der Waals surface area contributed by atoms with Crippen LogP contribution in [0.3, 0.4) is 0 Å². The van der Waals surface area contributed by atoms with Gasteiger partial charge >= 0.3 is 6.18 Å². The molecule has 0 fully saturated rings. The van der Waals surface area contributed by atoms with E-state index in [0.29, 0.717) is 0 Å². The maximum Gasteiger partial charge on any atom is 0.416 e. The number of allylic oxidation sites excluding steroid dienone is 1. The van der Waals surface area contributed by atoms with E-state index in [0.717, 1.165) is 17.1 Å². The van der Waals surface area contributed by atoms with Gasteiger partial charge in [-0.2, -0.15) is 23.3 Å². The number of phenols is 1. The summed E-state index contributed by atoms with van der Waals surface area (Å²) in [5, 5.41) is 14.6. The summed E-state index contributed by atoms with van der Waals surface area (Å²) >= 11 is 0. The zero-order valence-electron chi connectivity index (χ0n) is 15.9. The quantitative estimate of drug-likeness (QED) is 0.524. The van der Waals surface area contributed by atoms with Gasteiger partial charge < -0.3 is 10.5 Å². The fraction of sp³-hybridized carbons (Fsp3) is 0.150. The predicted octanol–water partition coefficient (Wildman–Crippen LogP) is 3.34. The van der Waals surface area contributed by atoms with E-state index in [4.69, 9.17) is 0 Å². The molecule has 0 atom stereocenters. The van der Waals surface area contributed by atoms with E-state index in [1.807, 2.05) is 0 Å². The molecular weight excluding hydrogens is 401 g/mol. The van der Waals surface area contributed by atoms with Gasteiger partial charge in [-0.15, -0.1) is 0 Å². The molecule has 2 aromatic carbocycles. The zero-order valence-corrected chi connectivity index (χ0v) is 15.9. The number of benzene rings is 2. The monoisotopic (exact) mass is 418 g/mol. The van der Waals surface area contributed by atoms with Crippen LogP contribution in [0.1, 0.15) is 29.8 Å². The van der Waals surface area contributed by atoms with Gasteiger partial charge in [-0.05, 0) is 44.2 Å². The Balaban J connectivity index is 1.80. The Bertz CT molecular complexity index is 1080. The zero-order chi connectivity index (χ0) is 22.1. The molecule has 0 unspecified atom stereocenters. The van der Waals surface area contributed by atoms with Crippen LogP contribution in [0.5, 0.6) is 5.75 Å². The minimum Gasteiger partial charge on any atom is -0.507 e. The summed E-state index contributed by atoms with van der Waals surface area (Å²) in [5.41, 5.74) is 4.63. The van der Waals surface area contributed by atoms with E-state index >= 15 is 0 Å². The second kappa shape index (κ2) is 7.90. The van der Waals surface area contributed by atoms with Crippen molar-refractivity contribution >= 4 is 23.2 Å². The molecule has 0 saturated heterocycles. The number of carbonyl (C=O) groups excluding carboxylic acids is 2. The Kier molecular flexibility index (Phi) is 5.50. The summed E-state index contributed by atoms with van der Waals surface area (Å²) in [5.74, 6) is -1.50. The molecule has 0 radical (unpaired) electrons. The first-order chi connectivity index (χ1) is 14.1. The van der Waals surface area contributed by atoms with Gasteiger partial charge in [0, 0.05) is 5.70 Å². The van der Waals surface area contributed by atoms with Crippen molar-refractivity contribution in [2.45, 2.75) is 20.0 Å². The number of amides is 2. The van der Waals surface area contributed by atoms with Gasteiger partial charge in [0.05, 0.1) is 28.1 Å². The number of halogens is 3. The molecule has 2 amide bonds. The Morgan fingerprint density at radius 3 is 2.47 bits per heavy atom. The molecule has 1 aliphatic heterocycles. The van der Waals surface area contributed by atoms with Gasteiger partial charge in [-0.1, -0.05) is 18.2 Å². The van der Waals surface area contributed by atoms with E-state index < -0.39 is 23.6 Å². The van der Waals surface area contributed by atoms with Crippen molar-refractivity contribution in [3.8, 4) is 5.75 Å². The molecule has 0 bridgehead atoms. The number of nitrogens with zero attached hydrogens (tertiary/aromatic N) is 2. The Hall–Kier alpha value is -3.82. The fourth-order valence-electron chi connectivity index (χ4n) is 2.87. The largest absolute Gasteiger partial charge is 0.507 e. The number of carbonyl (C=O) groups is 2. The highest BCUT2D eigenvalue weighted by atomic mass is 19.4. The molecule has 7 nitrogen and oxygen atoms in total. The Labute approximate surface area is 169 Å². The highest BCUT2D eigenvalue weighted by Gasteiger charge is 2.34. The molecule has 1 aliphatic rings. The summed E-state index contributed by atoms with van der Waals surface area (Å²) in [7, 11) is 0. The maximum atomic E-state index is 13.0. The second-order valence-corrected chi connectivity index (χ2v) is 6.45. The number of anilines is 1. The van der Waals surface area contributed by atoms with Crippen molar-refractivity contribution in [3.05, 3.63) is 70.9 Å². The minimum absolute atomic E-state index is 0.0246. The molecule has 0 aliphatic carbocycles. The molecule has 10 heteroatoms. The van der Waals surface area contributed by atoms with Crippen molar-refractivity contribution in [3.63, 3.8) is 0 Å². The average molecular weight is 418 g/mol. The van der Waals surface area contributed by atoms with Crippen molar-refractivity contribution in [1.82, 2.24) is 10.9 Å². The lowest BCUT2D eigenvalue weighted by Crippen LogP contribution is -2.37. The van der Waals surface area contributed by atoms with Crippen LogP contribution in [0.25, 0.3) is 0 Å². The molecule has 2 aromatic rings. The van der Waals surface area contributed by atoms with E-state index in [9.17, 15) is 27.9 Å². The number of para-hydroxylation sites is 1. The number of rotatable bonds is 4. The summed E-state index contributed by atoms with van der Waals surface area (Å²) in [6.45, 7) is 3.03. The first-order valence-electron chi connectivity index (χ1n) is 8.72. The van der Waals surface area contributed by atoms with E-state index in [-0.39, 0.29) is 34.0 Å². The molecular formula is C20H17F3N4O3. The smallest absolute Gasteiger partial charge is 0.416 e. The molecule has 0 spiro atoms. The van der Waals surface area contributed by atoms with Crippen LogP contribution < -0.4 is 15.9 Å². The molecule has 1 heterocycles. The lowest BCUT2D eigenvalue weighted by molar-refractivity contribution is -0.137. The normalized spacial score (nSPS) is 15.7. The van der Waals surface area contributed by atoms with E-state index in [1.165, 1.54) is 38.1 Å². The van der Waals surface area contributed by atoms with Crippen molar-refractivity contribution in [2.75, 3.05) is 5.01 Å². The number of hydrazone groups is 1. The lowest BCUT2D eigenvalue weighted by atomic mass is 10.1. The number of aromatic hydroxyl groups is 1. The highest BCUT2D eigenvalue weighted by Crippen LogP contribution is 2.33. The summed E-state index contributed by atoms with van der Waals surface area (Å²) < 4.78 is 38.9. The molecule has 0 aromatic heterocycles. The average Bonchev–Trinajstić information content (AvgIpc) is 3.00. The van der Waals surface area contributed by atoms with E-state index in [1.54, 1.807) is 12.1 Å². The first-order valence-corrected chi connectivity index (χ1v) is 8.72. The third-order valence-corrected chi connectivity index (χ3v) is 4.32. The first kappa shape index (κ1) is 20.9. The Morgan fingerprint density at radius 2 is 1.80 bits per heavy atom. The fourth-order valence-corrected chi connectivity index (χ4v) is 2.87. The number of hydrogen-bond donors (Lipinski definition) is 3. The molecule has 0 saturated carbocycles. The topological polar surface area (TPSA) is 94.0 Å². The van der Waals surface area contributed by atoms with Gasteiger partial charge in [0.2, 0.25) is 0 Å². The molecule has 156 valence electrons. The number of nitrogens with one attached hydrogen (secondary N) is 2. The Morgan fingerprint density at radius 1 is 1.10 bits per heavy atom. The third-order valence-electron chi connectivity index (χ3n) is 4.32. The van der Waals surface area contributed by atoms with Crippen LogP contribution in [-0.4, -0.2) is 22.6 Å². The molecule has 3 rings (SSSR count). The maximum absolute atomic E-state index is 13.0. The molecule has 3 N–H and O–H groups in total. The van der Waals surface area contributed by atoms with Crippen molar-refractivity contribution < 1.29 is 27.9 Å². The number of hydrogen-bond acceptors (Lipinski definition) is 5. The van der Waals surface area contributed by atoms with Crippen LogP contribution in [0.2, 0.25) is 0 Å². The standard InChI is InChI=1S/C20H17F3N4O3/c1-11(24-25-18(29)15-8-3-4-9-16(15)28)17-12(2)26-27(19(17)30)14-7-5-6-13(10-14)20(21,22)23/h3-10,24,28H,1-2H3,(H,25,29)/b17-11-. The van der Waals surface area contributed by atoms with Gasteiger partial charge in [0.15, 0.2) is 0 Å². The minimum atomic E-state index is -4.55. The van der Waals surface area contributed by atoms with Crippen LogP contribution in [0.4, 0.5) is 18.9 Å². The summed E-state index contributed by atoms with van der Waals surface area (Å²) in [4.78, 5) is 24.9. The predicted molar refractivity (Wildman–Crippen MR) is 103 cm³/mol. The van der Waals surface area contributed by atoms with Crippen LogP contribution in [0, 0.1) is 0 Å². The lowest BCUT2D eigenvalue weighted by Gasteiger charge is -2.15. The van der Waals surface area contributed by atoms with Crippen LogP contribution >= 0.6 is 0 Å². The number of hydrazine groups is 1. The van der Waals surface area contributed by atoms with Gasteiger partial charge in [0.25, 0.3) is 11.8 Å². The summed E-state index contributed by atoms with van der Waals surface area (Å²) in [6, 6.07) is 10.2. The van der Waals surface area contributed by atoms with Crippen LogP contribution in [-0.2, 0) is 11.0 Å². The summed E-state index contributed by atoms with van der Waals surface area (Å²) in [6.07, 6.45) is -4.55. The van der Waals surface area contributed by atoms with Gasteiger partial charge in [-0.25, -0.2) is 0 Å².